The van der Waals surface area contributed by atoms with Crippen molar-refractivity contribution in [1.29, 1.82) is 0 Å². The number of halogens is 1. The minimum absolute atomic E-state index is 0.0240. The number of phenols is 1. The van der Waals surface area contributed by atoms with Crippen molar-refractivity contribution in [3.8, 4) is 5.75 Å². The molecule has 0 aliphatic heterocycles. The highest BCUT2D eigenvalue weighted by atomic mass is 28.4. The first kappa shape index (κ1) is 15.3. The van der Waals surface area contributed by atoms with E-state index in [1.165, 1.54) is 6.07 Å². The maximum Gasteiger partial charge on any atom is 0.192 e. The van der Waals surface area contributed by atoms with E-state index in [0.717, 1.165) is 11.1 Å². The van der Waals surface area contributed by atoms with Crippen LogP contribution in [0.3, 0.4) is 0 Å². The average Bonchev–Trinajstić information content (AvgIpc) is 2.68. The summed E-state index contributed by atoms with van der Waals surface area (Å²) in [4.78, 5) is 0. The number of hydrogen-bond donors (Lipinski definition) is 1. The van der Waals surface area contributed by atoms with Gasteiger partial charge >= 0.3 is 0 Å². The molecule has 4 heteroatoms. The van der Waals surface area contributed by atoms with E-state index in [1.807, 2.05) is 6.08 Å². The van der Waals surface area contributed by atoms with Crippen molar-refractivity contribution in [1.82, 2.24) is 0 Å². The molecule has 1 aromatic rings. The second-order valence-corrected chi connectivity index (χ2v) is 11.8. The Morgan fingerprint density at radius 3 is 2.55 bits per heavy atom. The van der Waals surface area contributed by atoms with E-state index in [4.69, 9.17) is 4.43 Å². The first-order valence-electron chi connectivity index (χ1n) is 6.95. The summed E-state index contributed by atoms with van der Waals surface area (Å²) in [5, 5.41) is 9.60. The molecule has 0 unspecified atom stereocenters. The number of benzene rings is 1. The summed E-state index contributed by atoms with van der Waals surface area (Å²) >= 11 is 0. The van der Waals surface area contributed by atoms with Gasteiger partial charge in [-0.2, -0.15) is 0 Å². The van der Waals surface area contributed by atoms with Crippen molar-refractivity contribution < 1.29 is 13.9 Å². The third kappa shape index (κ3) is 2.96. The summed E-state index contributed by atoms with van der Waals surface area (Å²) in [5.41, 5.74) is 2.52. The fraction of sp³-hybridized carbons (Fsp3) is 0.500. The number of fused-ring (bicyclic) bond motifs is 1. The van der Waals surface area contributed by atoms with Gasteiger partial charge in [0.15, 0.2) is 8.32 Å². The predicted octanol–water partition coefficient (Wildman–Crippen LogP) is 4.49. The smallest absolute Gasteiger partial charge is 0.192 e. The number of hydrogen-bond acceptors (Lipinski definition) is 2. The molecule has 0 spiro atoms. The van der Waals surface area contributed by atoms with Gasteiger partial charge in [-0.3, -0.25) is 0 Å². The molecule has 1 aliphatic rings. The lowest BCUT2D eigenvalue weighted by Crippen LogP contribution is -2.41. The van der Waals surface area contributed by atoms with Gasteiger partial charge in [0, 0.05) is 6.07 Å². The van der Waals surface area contributed by atoms with Crippen LogP contribution in [0.1, 0.15) is 31.9 Å². The van der Waals surface area contributed by atoms with E-state index in [1.54, 1.807) is 6.07 Å². The molecule has 0 amide bonds. The van der Waals surface area contributed by atoms with Crippen LogP contribution in [-0.2, 0) is 10.8 Å². The Morgan fingerprint density at radius 1 is 1.30 bits per heavy atom. The molecule has 1 aromatic carbocycles. The first-order valence-corrected chi connectivity index (χ1v) is 9.86. The predicted molar refractivity (Wildman–Crippen MR) is 82.9 cm³/mol. The summed E-state index contributed by atoms with van der Waals surface area (Å²) in [6.07, 6.45) is 2.52. The Kier molecular flexibility index (Phi) is 3.82. The van der Waals surface area contributed by atoms with Gasteiger partial charge in [0.2, 0.25) is 0 Å². The molecule has 0 heterocycles. The van der Waals surface area contributed by atoms with Crippen LogP contribution in [0, 0.1) is 5.82 Å². The maximum atomic E-state index is 13.8. The van der Waals surface area contributed by atoms with E-state index in [0.29, 0.717) is 18.6 Å². The molecule has 110 valence electrons. The first-order chi connectivity index (χ1) is 9.10. The minimum Gasteiger partial charge on any atom is -0.508 e. The Hall–Kier alpha value is -1.13. The number of phenolic OH excluding ortho intramolecular Hbond substituents is 1. The van der Waals surface area contributed by atoms with Crippen LogP contribution in [0.4, 0.5) is 4.39 Å². The van der Waals surface area contributed by atoms with Gasteiger partial charge in [-0.1, -0.05) is 26.8 Å². The normalized spacial score (nSPS) is 15.2. The monoisotopic (exact) mass is 294 g/mol. The highest BCUT2D eigenvalue weighted by Crippen LogP contribution is 2.38. The molecule has 0 saturated carbocycles. The van der Waals surface area contributed by atoms with Crippen molar-refractivity contribution >= 4 is 14.4 Å². The largest absolute Gasteiger partial charge is 0.508 e. The van der Waals surface area contributed by atoms with Crippen LogP contribution in [0.5, 0.6) is 5.75 Å². The molecular formula is C16H23FO2Si. The van der Waals surface area contributed by atoms with Crippen LogP contribution >= 0.6 is 0 Å². The standard InChI is InChI=1S/C16H23FO2Si/c1-16(2,3)20(4,5)19-10-11-6-12-8-13(18)9-15(17)14(12)7-11/h6,8-9,18H,7,10H2,1-5H3. The molecule has 0 atom stereocenters. The van der Waals surface area contributed by atoms with Gasteiger partial charge in [0.05, 0.1) is 6.61 Å². The summed E-state index contributed by atoms with van der Waals surface area (Å²) in [6, 6.07) is 2.78. The average molecular weight is 294 g/mol. The van der Waals surface area contributed by atoms with E-state index in [9.17, 15) is 9.50 Å². The van der Waals surface area contributed by atoms with Crippen molar-refractivity contribution in [2.75, 3.05) is 6.61 Å². The van der Waals surface area contributed by atoms with Gasteiger partial charge in [0.1, 0.15) is 11.6 Å². The van der Waals surface area contributed by atoms with Crippen LogP contribution < -0.4 is 0 Å². The quantitative estimate of drug-likeness (QED) is 0.832. The second-order valence-electron chi connectivity index (χ2n) is 7.02. The molecule has 0 bridgehead atoms. The van der Waals surface area contributed by atoms with Gasteiger partial charge in [0.25, 0.3) is 0 Å². The Bertz CT molecular complexity index is 556. The lowest BCUT2D eigenvalue weighted by atomic mass is 10.1. The fourth-order valence-corrected chi connectivity index (χ4v) is 3.02. The van der Waals surface area contributed by atoms with Gasteiger partial charge in [-0.25, -0.2) is 4.39 Å². The topological polar surface area (TPSA) is 29.5 Å². The molecule has 2 nitrogen and oxygen atoms in total. The van der Waals surface area contributed by atoms with E-state index >= 15 is 0 Å². The number of rotatable bonds is 3. The molecule has 0 fully saturated rings. The molecule has 2 rings (SSSR count). The lowest BCUT2D eigenvalue weighted by molar-refractivity contribution is 0.317. The van der Waals surface area contributed by atoms with E-state index < -0.39 is 8.32 Å². The summed E-state index contributed by atoms with van der Waals surface area (Å²) < 4.78 is 19.9. The van der Waals surface area contributed by atoms with E-state index in [2.05, 4.69) is 33.9 Å². The highest BCUT2D eigenvalue weighted by molar-refractivity contribution is 6.74. The van der Waals surface area contributed by atoms with Gasteiger partial charge in [-0.15, -0.1) is 0 Å². The van der Waals surface area contributed by atoms with Crippen molar-refractivity contribution in [2.45, 2.75) is 45.3 Å². The lowest BCUT2D eigenvalue weighted by Gasteiger charge is -2.36. The zero-order valence-corrected chi connectivity index (χ0v) is 13.9. The SMILES string of the molecule is CC(C)(C)[Si](C)(C)OCC1=Cc2cc(O)cc(F)c2C1. The molecule has 1 N–H and O–H groups in total. The van der Waals surface area contributed by atoms with Crippen molar-refractivity contribution in [2.24, 2.45) is 0 Å². The van der Waals surface area contributed by atoms with Crippen molar-refractivity contribution in [3.05, 3.63) is 34.6 Å². The minimum atomic E-state index is -1.78. The van der Waals surface area contributed by atoms with E-state index in [-0.39, 0.29) is 16.6 Å². The Labute approximate surface area is 121 Å². The zero-order chi connectivity index (χ0) is 15.1. The molecular weight excluding hydrogens is 271 g/mol. The van der Waals surface area contributed by atoms with Crippen molar-refractivity contribution in [3.63, 3.8) is 0 Å². The van der Waals surface area contributed by atoms with Gasteiger partial charge in [-0.05, 0) is 47.3 Å². The third-order valence-electron chi connectivity index (χ3n) is 4.40. The van der Waals surface area contributed by atoms with Crippen LogP contribution in [0.2, 0.25) is 18.1 Å². The Morgan fingerprint density at radius 2 is 1.95 bits per heavy atom. The molecule has 0 aromatic heterocycles. The Balaban J connectivity index is 2.08. The summed E-state index contributed by atoms with van der Waals surface area (Å²) in [6.45, 7) is 11.6. The van der Waals surface area contributed by atoms with Gasteiger partial charge < -0.3 is 9.53 Å². The zero-order valence-electron chi connectivity index (χ0n) is 12.9. The second kappa shape index (κ2) is 5.01. The summed E-state index contributed by atoms with van der Waals surface area (Å²) in [5.74, 6) is -0.359. The summed E-state index contributed by atoms with van der Waals surface area (Å²) in [7, 11) is -1.78. The molecule has 20 heavy (non-hydrogen) atoms. The fourth-order valence-electron chi connectivity index (χ4n) is 2.04. The van der Waals surface area contributed by atoms with Crippen LogP contribution in [0.25, 0.3) is 6.08 Å². The molecule has 0 saturated heterocycles. The highest BCUT2D eigenvalue weighted by Gasteiger charge is 2.37. The number of aromatic hydroxyl groups is 1. The third-order valence-corrected chi connectivity index (χ3v) is 8.88. The molecule has 1 aliphatic carbocycles. The van der Waals surface area contributed by atoms with Crippen LogP contribution in [-0.4, -0.2) is 20.0 Å². The molecule has 0 radical (unpaired) electrons. The van der Waals surface area contributed by atoms with Crippen LogP contribution in [0.15, 0.2) is 17.7 Å². The maximum absolute atomic E-state index is 13.8.